The lowest BCUT2D eigenvalue weighted by Gasteiger charge is -2.11. The van der Waals surface area contributed by atoms with Gasteiger partial charge in [-0.25, -0.2) is 0 Å². The minimum Gasteiger partial charge on any atom is -0.399 e. The number of hydrogen-bond donors (Lipinski definition) is 2. The molecule has 0 aromatic heterocycles. The van der Waals surface area contributed by atoms with E-state index in [1.807, 2.05) is 37.3 Å². The molecule has 0 saturated heterocycles. The summed E-state index contributed by atoms with van der Waals surface area (Å²) in [6, 6.07) is 13.0. The molecule has 0 radical (unpaired) electrons. The van der Waals surface area contributed by atoms with E-state index in [4.69, 9.17) is 17.3 Å². The van der Waals surface area contributed by atoms with Gasteiger partial charge in [0.1, 0.15) is 0 Å². The molecular formula is C15H15ClN2O. The fourth-order valence-corrected chi connectivity index (χ4v) is 2.22. The van der Waals surface area contributed by atoms with E-state index >= 15 is 0 Å². The summed E-state index contributed by atoms with van der Waals surface area (Å²) in [6.45, 7) is 1.86. The van der Waals surface area contributed by atoms with E-state index in [-0.39, 0.29) is 5.91 Å². The van der Waals surface area contributed by atoms with Crippen molar-refractivity contribution >= 4 is 28.9 Å². The molecule has 2 rings (SSSR count). The molecule has 98 valence electrons. The maximum atomic E-state index is 12.0. The van der Waals surface area contributed by atoms with Crippen molar-refractivity contribution in [1.82, 2.24) is 0 Å². The zero-order valence-electron chi connectivity index (χ0n) is 10.6. The van der Waals surface area contributed by atoms with Crippen molar-refractivity contribution in [3.05, 3.63) is 58.6 Å². The number of carbonyl (C=O) groups excluding carboxylic acids is 1. The Morgan fingerprint density at radius 2 is 1.95 bits per heavy atom. The second kappa shape index (κ2) is 5.76. The average Bonchev–Trinajstić information content (AvgIpc) is 2.35. The van der Waals surface area contributed by atoms with Crippen LogP contribution in [0.3, 0.4) is 0 Å². The Morgan fingerprint density at radius 1 is 1.26 bits per heavy atom. The summed E-state index contributed by atoms with van der Waals surface area (Å²) in [5, 5.41) is 3.29. The van der Waals surface area contributed by atoms with Crippen molar-refractivity contribution in [3.63, 3.8) is 0 Å². The van der Waals surface area contributed by atoms with Crippen LogP contribution in [0.25, 0.3) is 0 Å². The smallest absolute Gasteiger partial charge is 0.228 e. The summed E-state index contributed by atoms with van der Waals surface area (Å²) in [5.74, 6) is -0.0963. The first-order valence-corrected chi connectivity index (χ1v) is 6.33. The van der Waals surface area contributed by atoms with Gasteiger partial charge < -0.3 is 11.1 Å². The van der Waals surface area contributed by atoms with Gasteiger partial charge in [-0.05, 0) is 30.2 Å². The minimum atomic E-state index is -0.0963. The number of nitrogen functional groups attached to an aromatic ring is 1. The molecule has 0 saturated carbocycles. The van der Waals surface area contributed by atoms with Crippen LogP contribution in [0.2, 0.25) is 5.02 Å². The number of halogens is 1. The molecule has 1 amide bonds. The van der Waals surface area contributed by atoms with E-state index in [1.165, 1.54) is 0 Å². The molecule has 0 aliphatic carbocycles. The number of benzene rings is 2. The van der Waals surface area contributed by atoms with Crippen molar-refractivity contribution in [3.8, 4) is 0 Å². The lowest BCUT2D eigenvalue weighted by molar-refractivity contribution is -0.115. The van der Waals surface area contributed by atoms with E-state index in [0.717, 1.165) is 11.1 Å². The third-order valence-corrected chi connectivity index (χ3v) is 3.08. The summed E-state index contributed by atoms with van der Waals surface area (Å²) in [4.78, 5) is 12.0. The summed E-state index contributed by atoms with van der Waals surface area (Å²) in [5.41, 5.74) is 8.71. The van der Waals surface area contributed by atoms with Crippen molar-refractivity contribution in [2.24, 2.45) is 0 Å². The summed E-state index contributed by atoms with van der Waals surface area (Å²) >= 11 is 6.09. The predicted molar refractivity (Wildman–Crippen MR) is 79.4 cm³/mol. The number of carbonyl (C=O) groups is 1. The number of aryl methyl sites for hydroxylation is 1. The van der Waals surface area contributed by atoms with Crippen molar-refractivity contribution in [2.45, 2.75) is 13.3 Å². The predicted octanol–water partition coefficient (Wildman–Crippen LogP) is 3.41. The van der Waals surface area contributed by atoms with Gasteiger partial charge in [-0.2, -0.15) is 0 Å². The number of nitrogens with one attached hydrogen (secondary N) is 1. The van der Waals surface area contributed by atoms with E-state index in [1.54, 1.807) is 12.1 Å². The topological polar surface area (TPSA) is 55.1 Å². The van der Waals surface area contributed by atoms with Crippen LogP contribution in [0, 0.1) is 6.92 Å². The first-order valence-electron chi connectivity index (χ1n) is 5.95. The van der Waals surface area contributed by atoms with Crippen LogP contribution in [0.15, 0.2) is 42.5 Å². The van der Waals surface area contributed by atoms with Gasteiger partial charge in [0.2, 0.25) is 5.91 Å². The van der Waals surface area contributed by atoms with E-state index < -0.39 is 0 Å². The minimum absolute atomic E-state index is 0.0963. The van der Waals surface area contributed by atoms with E-state index in [2.05, 4.69) is 5.32 Å². The Labute approximate surface area is 117 Å². The molecule has 3 N–H and O–H groups in total. The summed E-state index contributed by atoms with van der Waals surface area (Å²) in [6.07, 6.45) is 0.320. The van der Waals surface area contributed by atoms with Gasteiger partial charge in [0.25, 0.3) is 0 Å². The van der Waals surface area contributed by atoms with Gasteiger partial charge in [0.15, 0.2) is 0 Å². The molecule has 0 spiro atoms. The number of amides is 1. The highest BCUT2D eigenvalue weighted by atomic mass is 35.5. The lowest BCUT2D eigenvalue weighted by atomic mass is 10.1. The Kier molecular flexibility index (Phi) is 4.07. The number of hydrogen-bond acceptors (Lipinski definition) is 2. The largest absolute Gasteiger partial charge is 0.399 e. The standard InChI is InChI=1S/C15H15ClN2O/c1-10-7-12(17)9-13(16)15(10)18-14(19)8-11-5-3-2-4-6-11/h2-7,9H,8,17H2,1H3,(H,18,19). The second-order valence-electron chi connectivity index (χ2n) is 4.41. The first kappa shape index (κ1) is 13.4. The Bertz CT molecular complexity index is 573. The van der Waals surface area contributed by atoms with Crippen molar-refractivity contribution in [2.75, 3.05) is 11.1 Å². The molecule has 0 bridgehead atoms. The molecule has 2 aromatic rings. The van der Waals surface area contributed by atoms with Crippen LogP contribution in [-0.2, 0) is 11.2 Å². The molecule has 2 aromatic carbocycles. The highest BCUT2D eigenvalue weighted by Crippen LogP contribution is 2.28. The summed E-state index contributed by atoms with van der Waals surface area (Å²) < 4.78 is 0. The maximum absolute atomic E-state index is 12.0. The Hall–Kier alpha value is -2.00. The highest BCUT2D eigenvalue weighted by molar-refractivity contribution is 6.34. The molecule has 4 heteroatoms. The van der Waals surface area contributed by atoms with Gasteiger partial charge in [0.05, 0.1) is 17.1 Å². The third-order valence-electron chi connectivity index (χ3n) is 2.78. The SMILES string of the molecule is Cc1cc(N)cc(Cl)c1NC(=O)Cc1ccccc1. The quantitative estimate of drug-likeness (QED) is 0.843. The third kappa shape index (κ3) is 3.48. The number of rotatable bonds is 3. The molecule has 0 aliphatic rings. The fourth-order valence-electron chi connectivity index (χ4n) is 1.89. The monoisotopic (exact) mass is 274 g/mol. The zero-order valence-corrected chi connectivity index (χ0v) is 11.4. The van der Waals surface area contributed by atoms with Crippen LogP contribution in [0.1, 0.15) is 11.1 Å². The lowest BCUT2D eigenvalue weighted by Crippen LogP contribution is -2.15. The molecule has 0 aliphatic heterocycles. The van der Waals surface area contributed by atoms with Crippen LogP contribution in [0.5, 0.6) is 0 Å². The molecule has 0 fully saturated rings. The molecule has 0 heterocycles. The molecular weight excluding hydrogens is 260 g/mol. The molecule has 19 heavy (non-hydrogen) atoms. The van der Waals surface area contributed by atoms with Gasteiger partial charge in [-0.3, -0.25) is 4.79 Å². The van der Waals surface area contributed by atoms with Crippen LogP contribution < -0.4 is 11.1 Å². The second-order valence-corrected chi connectivity index (χ2v) is 4.81. The zero-order chi connectivity index (χ0) is 13.8. The van der Waals surface area contributed by atoms with E-state index in [0.29, 0.717) is 22.8 Å². The first-order chi connectivity index (χ1) is 9.06. The normalized spacial score (nSPS) is 10.2. The number of anilines is 2. The van der Waals surface area contributed by atoms with Crippen LogP contribution in [-0.4, -0.2) is 5.91 Å². The highest BCUT2D eigenvalue weighted by Gasteiger charge is 2.10. The molecule has 3 nitrogen and oxygen atoms in total. The van der Waals surface area contributed by atoms with Crippen LogP contribution in [0.4, 0.5) is 11.4 Å². The maximum Gasteiger partial charge on any atom is 0.228 e. The summed E-state index contributed by atoms with van der Waals surface area (Å²) in [7, 11) is 0. The van der Waals surface area contributed by atoms with Gasteiger partial charge in [-0.15, -0.1) is 0 Å². The Morgan fingerprint density at radius 3 is 2.58 bits per heavy atom. The van der Waals surface area contributed by atoms with Crippen molar-refractivity contribution < 1.29 is 4.79 Å². The van der Waals surface area contributed by atoms with E-state index in [9.17, 15) is 4.79 Å². The average molecular weight is 275 g/mol. The Balaban J connectivity index is 2.12. The van der Waals surface area contributed by atoms with Gasteiger partial charge >= 0.3 is 0 Å². The fraction of sp³-hybridized carbons (Fsp3) is 0.133. The molecule has 0 unspecified atom stereocenters. The van der Waals surface area contributed by atoms with Gasteiger partial charge in [-0.1, -0.05) is 41.9 Å². The van der Waals surface area contributed by atoms with Crippen molar-refractivity contribution in [1.29, 1.82) is 0 Å². The molecule has 0 atom stereocenters. The number of nitrogens with two attached hydrogens (primary N) is 1. The van der Waals surface area contributed by atoms with Crippen LogP contribution >= 0.6 is 11.6 Å². The van der Waals surface area contributed by atoms with Gasteiger partial charge in [0, 0.05) is 5.69 Å².